The van der Waals surface area contributed by atoms with Crippen LogP contribution in [0.25, 0.3) is 0 Å². The van der Waals surface area contributed by atoms with Crippen molar-refractivity contribution in [1.29, 1.82) is 0 Å². The maximum Gasteiger partial charge on any atom is 0.244 e. The molecule has 5 nitrogen and oxygen atoms in total. The smallest absolute Gasteiger partial charge is 0.244 e. The number of amides is 1. The fraction of sp³-hybridized carbons (Fsp3) is 0.429. The molecule has 0 aliphatic heterocycles. The summed E-state index contributed by atoms with van der Waals surface area (Å²) in [5.74, 6) is -0.00565. The number of nitrogens with zero attached hydrogens (tertiary/aromatic N) is 3. The summed E-state index contributed by atoms with van der Waals surface area (Å²) in [6, 6.07) is 3.80. The molecule has 1 saturated carbocycles. The summed E-state index contributed by atoms with van der Waals surface area (Å²) in [6.07, 6.45) is 5.63. The van der Waals surface area contributed by atoms with Gasteiger partial charge in [-0.25, -0.2) is 0 Å². The Morgan fingerprint density at radius 1 is 1.65 bits per heavy atom. The summed E-state index contributed by atoms with van der Waals surface area (Å²) in [4.78, 5) is 15.7. The second kappa shape index (κ2) is 5.38. The highest BCUT2D eigenvalue weighted by molar-refractivity contribution is 7.09. The van der Waals surface area contributed by atoms with E-state index in [2.05, 4.69) is 11.2 Å². The molecule has 2 aromatic rings. The van der Waals surface area contributed by atoms with Gasteiger partial charge in [-0.1, -0.05) is 6.07 Å². The zero-order chi connectivity index (χ0) is 14.1. The quantitative estimate of drug-likeness (QED) is 0.911. The Bertz CT molecular complexity index is 588. The summed E-state index contributed by atoms with van der Waals surface area (Å²) >= 11 is 1.67. The van der Waals surface area contributed by atoms with Crippen LogP contribution in [0.4, 0.5) is 0 Å². The predicted octanol–water partition coefficient (Wildman–Crippen LogP) is 1.67. The average Bonchev–Trinajstić information content (AvgIpc) is 2.97. The molecular formula is C14H18N4OS. The zero-order valence-corrected chi connectivity index (χ0v) is 12.2. The first-order chi connectivity index (χ1) is 9.65. The molecule has 2 heterocycles. The van der Waals surface area contributed by atoms with Crippen LogP contribution in [0.15, 0.2) is 29.9 Å². The third kappa shape index (κ3) is 2.76. The monoisotopic (exact) mass is 290 g/mol. The lowest BCUT2D eigenvalue weighted by atomic mass is 10.1. The van der Waals surface area contributed by atoms with E-state index in [1.54, 1.807) is 28.4 Å². The summed E-state index contributed by atoms with van der Waals surface area (Å²) in [5.41, 5.74) is 6.88. The first kappa shape index (κ1) is 13.3. The van der Waals surface area contributed by atoms with Crippen LogP contribution < -0.4 is 5.73 Å². The Morgan fingerprint density at radius 2 is 2.45 bits per heavy atom. The van der Waals surface area contributed by atoms with Crippen molar-refractivity contribution in [2.24, 2.45) is 12.8 Å². The maximum atomic E-state index is 12.6. The number of nitrogens with two attached hydrogens (primary N) is 1. The highest BCUT2D eigenvalue weighted by Gasteiger charge is 2.35. The van der Waals surface area contributed by atoms with Crippen molar-refractivity contribution in [1.82, 2.24) is 14.7 Å². The van der Waals surface area contributed by atoms with Crippen LogP contribution >= 0.6 is 11.3 Å². The van der Waals surface area contributed by atoms with Gasteiger partial charge in [-0.15, -0.1) is 11.3 Å². The SMILES string of the molecule is Cn1cc(C(N)C(=O)N(Cc2cccs2)C2CC2)cn1. The standard InChI is InChI=1S/C14H18N4OS/c1-17-8-10(7-16-17)13(15)14(19)18(11-4-5-11)9-12-3-2-6-20-12/h2-3,6-8,11,13H,4-5,9,15H2,1H3. The summed E-state index contributed by atoms with van der Waals surface area (Å²) in [5, 5.41) is 6.12. The second-order valence-corrected chi connectivity index (χ2v) is 6.23. The molecule has 0 radical (unpaired) electrons. The Balaban J connectivity index is 1.75. The molecule has 2 aromatic heterocycles. The topological polar surface area (TPSA) is 64.2 Å². The lowest BCUT2D eigenvalue weighted by Gasteiger charge is -2.24. The number of thiophene rings is 1. The minimum absolute atomic E-state index is 0.00565. The van der Waals surface area contributed by atoms with Gasteiger partial charge in [0.05, 0.1) is 12.7 Å². The van der Waals surface area contributed by atoms with Gasteiger partial charge in [0.15, 0.2) is 0 Å². The van der Waals surface area contributed by atoms with E-state index in [-0.39, 0.29) is 5.91 Å². The highest BCUT2D eigenvalue weighted by atomic mass is 32.1. The molecule has 0 saturated heterocycles. The molecule has 6 heteroatoms. The molecule has 1 unspecified atom stereocenters. The van der Waals surface area contributed by atoms with Gasteiger partial charge in [0, 0.05) is 29.7 Å². The third-order valence-electron chi connectivity index (χ3n) is 3.53. The predicted molar refractivity (Wildman–Crippen MR) is 78.0 cm³/mol. The molecule has 1 fully saturated rings. The molecule has 0 aromatic carbocycles. The molecule has 0 bridgehead atoms. The molecular weight excluding hydrogens is 272 g/mol. The van der Waals surface area contributed by atoms with Gasteiger partial charge >= 0.3 is 0 Å². The van der Waals surface area contributed by atoms with Gasteiger partial charge in [-0.2, -0.15) is 5.10 Å². The van der Waals surface area contributed by atoms with Crippen LogP contribution in [0.3, 0.4) is 0 Å². The summed E-state index contributed by atoms with van der Waals surface area (Å²) in [7, 11) is 1.82. The number of hydrogen-bond acceptors (Lipinski definition) is 4. The van der Waals surface area contributed by atoms with Gasteiger partial charge in [0.1, 0.15) is 6.04 Å². The molecule has 2 N–H and O–H groups in total. The molecule has 20 heavy (non-hydrogen) atoms. The van der Waals surface area contributed by atoms with Crippen molar-refractivity contribution in [2.45, 2.75) is 31.5 Å². The Kier molecular flexibility index (Phi) is 3.58. The van der Waals surface area contributed by atoms with Crippen molar-refractivity contribution < 1.29 is 4.79 Å². The van der Waals surface area contributed by atoms with E-state index >= 15 is 0 Å². The van der Waals surface area contributed by atoms with Crippen molar-refractivity contribution in [2.75, 3.05) is 0 Å². The van der Waals surface area contributed by atoms with E-state index in [1.165, 1.54) is 4.88 Å². The molecule has 1 aliphatic rings. The number of aryl methyl sites for hydroxylation is 1. The van der Waals surface area contributed by atoms with Crippen LogP contribution in [0.5, 0.6) is 0 Å². The number of aromatic nitrogens is 2. The Morgan fingerprint density at radius 3 is 3.00 bits per heavy atom. The fourth-order valence-electron chi connectivity index (χ4n) is 2.27. The van der Waals surface area contributed by atoms with Gasteiger partial charge in [0.2, 0.25) is 5.91 Å². The van der Waals surface area contributed by atoms with E-state index in [0.29, 0.717) is 12.6 Å². The summed E-state index contributed by atoms with van der Waals surface area (Å²) < 4.78 is 1.67. The van der Waals surface area contributed by atoms with Crippen molar-refractivity contribution in [3.05, 3.63) is 40.3 Å². The molecule has 3 rings (SSSR count). The third-order valence-corrected chi connectivity index (χ3v) is 4.39. The van der Waals surface area contributed by atoms with Gasteiger partial charge in [-0.05, 0) is 24.3 Å². The van der Waals surface area contributed by atoms with Gasteiger partial charge < -0.3 is 10.6 Å². The molecule has 106 valence electrons. The molecule has 1 amide bonds. The van der Waals surface area contributed by atoms with Crippen molar-refractivity contribution in [3.63, 3.8) is 0 Å². The van der Waals surface area contributed by atoms with Gasteiger partial charge in [-0.3, -0.25) is 9.48 Å². The van der Waals surface area contributed by atoms with Crippen LogP contribution in [0, 0.1) is 0 Å². The lowest BCUT2D eigenvalue weighted by molar-refractivity contribution is -0.133. The number of hydrogen-bond donors (Lipinski definition) is 1. The number of carbonyl (C=O) groups excluding carboxylic acids is 1. The van der Waals surface area contributed by atoms with E-state index in [1.807, 2.05) is 23.4 Å². The van der Waals surface area contributed by atoms with E-state index in [0.717, 1.165) is 18.4 Å². The fourth-order valence-corrected chi connectivity index (χ4v) is 2.97. The highest BCUT2D eigenvalue weighted by Crippen LogP contribution is 2.31. The largest absolute Gasteiger partial charge is 0.333 e. The lowest BCUT2D eigenvalue weighted by Crippen LogP contribution is -2.39. The van der Waals surface area contributed by atoms with Gasteiger partial charge in [0.25, 0.3) is 0 Å². The Labute approximate surface area is 122 Å². The average molecular weight is 290 g/mol. The molecule has 1 aliphatic carbocycles. The van der Waals surface area contributed by atoms with Crippen LogP contribution in [0.2, 0.25) is 0 Å². The van der Waals surface area contributed by atoms with Crippen LogP contribution in [-0.4, -0.2) is 26.6 Å². The van der Waals surface area contributed by atoms with Crippen molar-refractivity contribution in [3.8, 4) is 0 Å². The first-order valence-corrected chi connectivity index (χ1v) is 7.60. The number of carbonyl (C=O) groups is 1. The maximum absolute atomic E-state index is 12.6. The number of rotatable bonds is 5. The van der Waals surface area contributed by atoms with Crippen molar-refractivity contribution >= 4 is 17.2 Å². The first-order valence-electron chi connectivity index (χ1n) is 6.72. The summed E-state index contributed by atoms with van der Waals surface area (Å²) in [6.45, 7) is 0.662. The molecule has 1 atom stereocenters. The van der Waals surface area contributed by atoms with Crippen LogP contribution in [0.1, 0.15) is 29.3 Å². The zero-order valence-electron chi connectivity index (χ0n) is 11.4. The van der Waals surface area contributed by atoms with E-state index in [4.69, 9.17) is 5.73 Å². The minimum Gasteiger partial charge on any atom is -0.333 e. The van der Waals surface area contributed by atoms with E-state index < -0.39 is 6.04 Å². The normalized spacial score (nSPS) is 16.1. The molecule has 0 spiro atoms. The second-order valence-electron chi connectivity index (χ2n) is 5.20. The van der Waals surface area contributed by atoms with Crippen LogP contribution in [-0.2, 0) is 18.4 Å². The van der Waals surface area contributed by atoms with E-state index in [9.17, 15) is 4.79 Å². The minimum atomic E-state index is -0.621. The Hall–Kier alpha value is -1.66.